The van der Waals surface area contributed by atoms with Gasteiger partial charge < -0.3 is 4.85 Å². The summed E-state index contributed by atoms with van der Waals surface area (Å²) in [5.41, 5.74) is 4.98. The predicted octanol–water partition coefficient (Wildman–Crippen LogP) is 8.96. The first kappa shape index (κ1) is 24.4. The molecule has 4 aliphatic carbocycles. The molecule has 9 heteroatoms. The third kappa shape index (κ3) is 3.31. The summed E-state index contributed by atoms with van der Waals surface area (Å²) in [4.78, 5) is 13.6. The number of thiophene rings is 3. The highest BCUT2D eigenvalue weighted by atomic mass is 32.1. The molecule has 0 aliphatic heterocycles. The number of allylic oxidation sites excluding steroid dienone is 3. The van der Waals surface area contributed by atoms with Crippen molar-refractivity contribution in [3.8, 4) is 18.2 Å². The van der Waals surface area contributed by atoms with Crippen LogP contribution in [0, 0.1) is 46.0 Å². The largest absolute Gasteiger partial charge is 0.351 e. The fraction of sp³-hybridized carbons (Fsp3) is 0.400. The Morgan fingerprint density at radius 2 is 1.51 bits per heavy atom. The first-order valence-electron chi connectivity index (χ1n) is 13.3. The van der Waals surface area contributed by atoms with E-state index in [0.717, 1.165) is 44.2 Å². The lowest BCUT2D eigenvalue weighted by Crippen LogP contribution is -2.28. The highest BCUT2D eigenvalue weighted by molar-refractivity contribution is 7.40. The highest BCUT2D eigenvalue weighted by Crippen LogP contribution is 2.70. The lowest BCUT2D eigenvalue weighted by molar-refractivity contribution is 0.322. The van der Waals surface area contributed by atoms with E-state index in [4.69, 9.17) is 11.6 Å². The average Bonchev–Trinajstić information content (AvgIpc) is 3.73. The van der Waals surface area contributed by atoms with Crippen molar-refractivity contribution < 1.29 is 0 Å². The lowest BCUT2D eigenvalue weighted by atomic mass is 9.67. The van der Waals surface area contributed by atoms with Crippen molar-refractivity contribution in [3.63, 3.8) is 0 Å². The van der Waals surface area contributed by atoms with Crippen molar-refractivity contribution in [2.24, 2.45) is 15.4 Å². The Morgan fingerprint density at radius 3 is 2.15 bits per heavy atom. The van der Waals surface area contributed by atoms with Crippen LogP contribution in [-0.2, 0) is 5.41 Å². The predicted molar refractivity (Wildman–Crippen MR) is 158 cm³/mol. The smallest absolute Gasteiger partial charge is 0.350 e. The van der Waals surface area contributed by atoms with Gasteiger partial charge in [-0.1, -0.05) is 61.4 Å². The van der Waals surface area contributed by atoms with Crippen molar-refractivity contribution in [2.75, 3.05) is 0 Å². The molecular weight excluding hydrogens is 541 g/mol. The van der Waals surface area contributed by atoms with Crippen molar-refractivity contribution >= 4 is 74.9 Å². The molecule has 3 aromatic heterocycles. The van der Waals surface area contributed by atoms with Gasteiger partial charge in [-0.2, -0.15) is 10.5 Å². The molecule has 6 nitrogen and oxygen atoms in total. The fourth-order valence-corrected chi connectivity index (χ4v) is 11.9. The normalized spacial score (nSPS) is 20.8. The summed E-state index contributed by atoms with van der Waals surface area (Å²) in [6, 6.07) is 7.91. The SMILES string of the molecule is [C-]#[N+]/C(C#N)=N\c1cc2sc3c4c(sc3c2s1)C1=C(C=C(N=C(C#N)C#N)C12CCCCC2)C41CCCCC1. The van der Waals surface area contributed by atoms with Gasteiger partial charge in [-0.25, -0.2) is 10.3 Å². The topological polar surface area (TPSA) is 100 Å². The quantitative estimate of drug-likeness (QED) is 0.177. The van der Waals surface area contributed by atoms with E-state index in [2.05, 4.69) is 15.9 Å². The van der Waals surface area contributed by atoms with Crippen LogP contribution in [0.3, 0.4) is 0 Å². The molecule has 0 unspecified atom stereocenters. The number of amidine groups is 1. The Labute approximate surface area is 238 Å². The van der Waals surface area contributed by atoms with Crippen LogP contribution in [0.15, 0.2) is 33.4 Å². The van der Waals surface area contributed by atoms with E-state index >= 15 is 0 Å². The van der Waals surface area contributed by atoms with E-state index in [1.165, 1.54) is 66.1 Å². The van der Waals surface area contributed by atoms with Gasteiger partial charge in [0.15, 0.2) is 0 Å². The zero-order valence-corrected chi connectivity index (χ0v) is 23.6. The number of hydrogen-bond acceptors (Lipinski definition) is 8. The van der Waals surface area contributed by atoms with Crippen molar-refractivity contribution in [1.82, 2.24) is 0 Å². The van der Waals surface area contributed by atoms with E-state index in [1.807, 2.05) is 46.9 Å². The van der Waals surface area contributed by atoms with Gasteiger partial charge in [-0.05, 0) is 48.5 Å². The minimum absolute atomic E-state index is 0.0334. The van der Waals surface area contributed by atoms with Crippen molar-refractivity contribution in [2.45, 2.75) is 69.6 Å². The van der Waals surface area contributed by atoms with Gasteiger partial charge in [0, 0.05) is 21.8 Å². The van der Waals surface area contributed by atoms with E-state index in [-0.39, 0.29) is 22.4 Å². The Bertz CT molecular complexity index is 1830. The van der Waals surface area contributed by atoms with Crippen LogP contribution in [-0.4, -0.2) is 11.5 Å². The molecule has 190 valence electrons. The lowest BCUT2D eigenvalue weighted by Gasteiger charge is -2.37. The number of aliphatic imine (C=N–C) groups is 2. The van der Waals surface area contributed by atoms with Crippen LogP contribution in [0.25, 0.3) is 29.2 Å². The number of rotatable bonds is 2. The molecule has 0 atom stereocenters. The number of fused-ring (bicyclic) bond motifs is 9. The van der Waals surface area contributed by atoms with Crippen LogP contribution >= 0.6 is 34.0 Å². The summed E-state index contributed by atoms with van der Waals surface area (Å²) in [5, 5.41) is 29.0. The van der Waals surface area contributed by atoms with Gasteiger partial charge in [0.1, 0.15) is 18.2 Å². The molecule has 0 saturated heterocycles. The summed E-state index contributed by atoms with van der Waals surface area (Å²) in [5.74, 6) is -0.136. The maximum Gasteiger partial charge on any atom is 0.350 e. The fourth-order valence-electron chi connectivity index (χ4n) is 7.47. The summed E-state index contributed by atoms with van der Waals surface area (Å²) < 4.78 is 5.04. The summed E-state index contributed by atoms with van der Waals surface area (Å²) in [6.07, 6.45) is 13.6. The summed E-state index contributed by atoms with van der Waals surface area (Å²) >= 11 is 5.28. The maximum atomic E-state index is 9.55. The molecule has 0 radical (unpaired) electrons. The minimum Gasteiger partial charge on any atom is -0.351 e. The molecule has 0 bridgehead atoms. The van der Waals surface area contributed by atoms with Gasteiger partial charge in [-0.3, -0.25) is 0 Å². The zero-order valence-electron chi connectivity index (χ0n) is 21.1. The molecular formula is C30H22N6S3. The van der Waals surface area contributed by atoms with Gasteiger partial charge >= 0.3 is 5.84 Å². The second-order valence-corrected chi connectivity index (χ2v) is 13.9. The Hall–Kier alpha value is -3.60. The average molecular weight is 563 g/mol. The Balaban J connectivity index is 1.47. The molecule has 0 N–H and O–H groups in total. The van der Waals surface area contributed by atoms with Crippen LogP contribution in [0.5, 0.6) is 0 Å². The molecule has 2 saturated carbocycles. The van der Waals surface area contributed by atoms with Gasteiger partial charge in [0.05, 0.1) is 24.5 Å². The third-order valence-electron chi connectivity index (χ3n) is 8.99. The van der Waals surface area contributed by atoms with E-state index < -0.39 is 0 Å². The van der Waals surface area contributed by atoms with Gasteiger partial charge in [0.2, 0.25) is 10.7 Å². The van der Waals surface area contributed by atoms with E-state index in [1.54, 1.807) is 11.3 Å². The van der Waals surface area contributed by atoms with E-state index in [9.17, 15) is 15.8 Å². The third-order valence-corrected chi connectivity index (χ3v) is 12.8. The Morgan fingerprint density at radius 1 is 0.821 bits per heavy atom. The van der Waals surface area contributed by atoms with Gasteiger partial charge in [-0.15, -0.1) is 22.7 Å². The molecule has 7 rings (SSSR count). The number of hydrogen-bond donors (Lipinski definition) is 0. The number of nitriles is 3. The van der Waals surface area contributed by atoms with Gasteiger partial charge in [0.25, 0.3) is 0 Å². The van der Waals surface area contributed by atoms with Crippen LogP contribution in [0.1, 0.15) is 74.6 Å². The van der Waals surface area contributed by atoms with Crippen molar-refractivity contribution in [3.05, 3.63) is 45.3 Å². The standard InChI is InChI=1S/C30H22N6S3/c1-34-21(16-33)36-22-13-19-25(38-22)28-27(37-19)24-26(39-28)23-18(29(24)8-4-2-5-9-29)12-20(35-17(14-31)15-32)30(23)10-6-3-7-11-30/h12-13H,2-11H2/b36-21-. The van der Waals surface area contributed by atoms with Crippen LogP contribution < -0.4 is 0 Å². The second kappa shape index (κ2) is 8.97. The molecule has 3 heterocycles. The molecule has 39 heavy (non-hydrogen) atoms. The van der Waals surface area contributed by atoms with Crippen molar-refractivity contribution in [1.29, 1.82) is 15.8 Å². The maximum absolute atomic E-state index is 9.55. The molecule has 2 spiro atoms. The van der Waals surface area contributed by atoms with E-state index in [0.29, 0.717) is 5.00 Å². The molecule has 3 aromatic rings. The zero-order chi connectivity index (χ0) is 26.8. The van der Waals surface area contributed by atoms with Crippen LogP contribution in [0.2, 0.25) is 0 Å². The monoisotopic (exact) mass is 562 g/mol. The highest BCUT2D eigenvalue weighted by Gasteiger charge is 2.57. The first-order valence-corrected chi connectivity index (χ1v) is 15.8. The first-order chi connectivity index (χ1) is 19.1. The Kier molecular flexibility index (Phi) is 5.62. The molecule has 0 amide bonds. The minimum atomic E-state index is -0.226. The summed E-state index contributed by atoms with van der Waals surface area (Å²) in [7, 11) is 0. The van der Waals surface area contributed by atoms with Crippen LogP contribution in [0.4, 0.5) is 5.00 Å². The molecule has 0 aromatic carbocycles. The number of nitrogens with zero attached hydrogens (tertiary/aromatic N) is 6. The molecule has 4 aliphatic rings. The summed E-state index contributed by atoms with van der Waals surface area (Å²) in [6.45, 7) is 7.18. The molecule has 2 fully saturated rings. The second-order valence-electron chi connectivity index (χ2n) is 10.8.